The van der Waals surface area contributed by atoms with Crippen LogP contribution in [0.1, 0.15) is 25.3 Å². The van der Waals surface area contributed by atoms with Gasteiger partial charge < -0.3 is 9.52 Å². The number of nitrogens with zero attached hydrogens (tertiary/aromatic N) is 2. The minimum absolute atomic E-state index is 0.243. The second-order valence-corrected chi connectivity index (χ2v) is 6.10. The molecule has 1 fully saturated rings. The molecule has 21 heavy (non-hydrogen) atoms. The molecular formula is C16H22N2O3. The number of aromatic nitrogens is 1. The number of hydrogen-bond donors (Lipinski definition) is 1. The number of oxazole rings is 1. The highest BCUT2D eigenvalue weighted by atomic mass is 16.4. The highest BCUT2D eigenvalue weighted by molar-refractivity contribution is 5.73. The molecule has 0 bridgehead atoms. The van der Waals surface area contributed by atoms with Gasteiger partial charge in [-0.2, -0.15) is 0 Å². The van der Waals surface area contributed by atoms with E-state index in [1.165, 1.54) is 0 Å². The molecule has 5 heteroatoms. The number of hydrogen-bond acceptors (Lipinski definition) is 4. The molecule has 1 aromatic heterocycles. The van der Waals surface area contributed by atoms with Gasteiger partial charge in [0.25, 0.3) is 0 Å². The van der Waals surface area contributed by atoms with Crippen molar-refractivity contribution in [3.63, 3.8) is 0 Å². The van der Waals surface area contributed by atoms with E-state index in [1.54, 1.807) is 4.57 Å². The summed E-state index contributed by atoms with van der Waals surface area (Å²) in [7, 11) is 0. The highest BCUT2D eigenvalue weighted by Gasteiger charge is 2.23. The summed E-state index contributed by atoms with van der Waals surface area (Å²) < 4.78 is 7.00. The molecule has 0 saturated carbocycles. The first kappa shape index (κ1) is 14.4. The fraction of sp³-hybridized carbons (Fsp3) is 0.562. The van der Waals surface area contributed by atoms with Gasteiger partial charge in [0, 0.05) is 13.1 Å². The number of benzene rings is 1. The predicted molar refractivity (Wildman–Crippen MR) is 81.2 cm³/mol. The molecule has 1 aromatic carbocycles. The third kappa shape index (κ3) is 2.89. The second-order valence-electron chi connectivity index (χ2n) is 6.10. The van der Waals surface area contributed by atoms with E-state index in [-0.39, 0.29) is 11.9 Å². The summed E-state index contributed by atoms with van der Waals surface area (Å²) in [4.78, 5) is 14.3. The van der Waals surface area contributed by atoms with Crippen LogP contribution in [0.25, 0.3) is 11.1 Å². The lowest BCUT2D eigenvalue weighted by Crippen LogP contribution is -2.39. The fourth-order valence-electron chi connectivity index (χ4n) is 3.08. The molecule has 3 rings (SSSR count). The summed E-state index contributed by atoms with van der Waals surface area (Å²) in [6.45, 7) is 6.23. The Balaban J connectivity index is 1.78. The van der Waals surface area contributed by atoms with Gasteiger partial charge in [-0.3, -0.25) is 9.47 Å². The van der Waals surface area contributed by atoms with Crippen molar-refractivity contribution in [2.75, 3.05) is 13.1 Å². The van der Waals surface area contributed by atoms with E-state index in [1.807, 2.05) is 32.0 Å². The van der Waals surface area contributed by atoms with E-state index < -0.39 is 0 Å². The Morgan fingerprint density at radius 1 is 1.38 bits per heavy atom. The monoisotopic (exact) mass is 290 g/mol. The number of aliphatic hydroxyl groups is 1. The average Bonchev–Trinajstić information content (AvgIpc) is 2.76. The van der Waals surface area contributed by atoms with E-state index in [9.17, 15) is 9.90 Å². The van der Waals surface area contributed by atoms with E-state index in [4.69, 9.17) is 4.42 Å². The van der Waals surface area contributed by atoms with Crippen molar-refractivity contribution >= 4 is 11.1 Å². The molecule has 1 atom stereocenters. The van der Waals surface area contributed by atoms with Crippen molar-refractivity contribution in [3.8, 4) is 0 Å². The molecular weight excluding hydrogens is 268 g/mol. The largest absolute Gasteiger partial charge is 0.421 e. The van der Waals surface area contributed by atoms with E-state index in [0.717, 1.165) is 37.0 Å². The Morgan fingerprint density at radius 2 is 2.10 bits per heavy atom. The standard InChI is InChI=1S/C16H22N2O3/c1-11-3-4-15-14(9-11)18(16(20)21-15)10-17-7-5-13(6-8-17)12(2)19/h3-4,9,12-13,19H,5-8,10H2,1-2H3. The third-order valence-corrected chi connectivity index (χ3v) is 4.48. The van der Waals surface area contributed by atoms with Crippen LogP contribution in [0.4, 0.5) is 0 Å². The molecule has 1 N–H and O–H groups in total. The maximum atomic E-state index is 12.0. The number of piperidine rings is 1. The lowest BCUT2D eigenvalue weighted by atomic mass is 9.92. The number of likely N-dealkylation sites (tertiary alicyclic amines) is 1. The van der Waals surface area contributed by atoms with Crippen molar-refractivity contribution in [3.05, 3.63) is 34.3 Å². The maximum Gasteiger partial charge on any atom is 0.421 e. The summed E-state index contributed by atoms with van der Waals surface area (Å²) in [6.07, 6.45) is 1.70. The van der Waals surface area contributed by atoms with Gasteiger partial charge in [-0.25, -0.2) is 4.79 Å². The maximum absolute atomic E-state index is 12.0. The molecule has 5 nitrogen and oxygen atoms in total. The van der Waals surface area contributed by atoms with Gasteiger partial charge in [-0.05, 0) is 50.3 Å². The molecule has 1 aliphatic rings. The predicted octanol–water partition coefficient (Wildman–Crippen LogP) is 1.95. The first-order valence-corrected chi connectivity index (χ1v) is 7.55. The van der Waals surface area contributed by atoms with Gasteiger partial charge >= 0.3 is 5.76 Å². The van der Waals surface area contributed by atoms with Crippen LogP contribution in [0.2, 0.25) is 0 Å². The lowest BCUT2D eigenvalue weighted by molar-refractivity contribution is 0.0609. The van der Waals surface area contributed by atoms with Crippen molar-refractivity contribution in [2.45, 2.75) is 39.5 Å². The normalized spacial score (nSPS) is 19.2. The number of aryl methyl sites for hydroxylation is 1. The van der Waals surface area contributed by atoms with Gasteiger partial charge in [0.15, 0.2) is 5.58 Å². The molecule has 2 aromatic rings. The summed E-state index contributed by atoms with van der Waals surface area (Å²) in [5.41, 5.74) is 2.62. The number of aliphatic hydroxyl groups excluding tert-OH is 1. The zero-order valence-corrected chi connectivity index (χ0v) is 12.6. The molecule has 2 heterocycles. The Morgan fingerprint density at radius 3 is 2.76 bits per heavy atom. The minimum Gasteiger partial charge on any atom is -0.408 e. The van der Waals surface area contributed by atoms with Crippen LogP contribution in [0.3, 0.4) is 0 Å². The average molecular weight is 290 g/mol. The van der Waals surface area contributed by atoms with Crippen LogP contribution in [-0.4, -0.2) is 33.8 Å². The molecule has 1 aliphatic heterocycles. The first-order valence-electron chi connectivity index (χ1n) is 7.55. The Bertz CT molecular complexity index is 678. The van der Waals surface area contributed by atoms with Crippen molar-refractivity contribution in [2.24, 2.45) is 5.92 Å². The third-order valence-electron chi connectivity index (χ3n) is 4.48. The molecule has 1 unspecified atom stereocenters. The second kappa shape index (κ2) is 5.66. The summed E-state index contributed by atoms with van der Waals surface area (Å²) in [5, 5.41) is 9.65. The zero-order chi connectivity index (χ0) is 15.0. The highest BCUT2D eigenvalue weighted by Crippen LogP contribution is 2.22. The van der Waals surface area contributed by atoms with Crippen LogP contribution in [-0.2, 0) is 6.67 Å². The van der Waals surface area contributed by atoms with E-state index >= 15 is 0 Å². The Kier molecular flexibility index (Phi) is 3.87. The van der Waals surface area contributed by atoms with Gasteiger partial charge in [-0.1, -0.05) is 6.07 Å². The SMILES string of the molecule is Cc1ccc2oc(=O)n(CN3CCC(C(C)O)CC3)c2c1. The van der Waals surface area contributed by atoms with Crippen LogP contribution < -0.4 is 5.76 Å². The topological polar surface area (TPSA) is 58.6 Å². The summed E-state index contributed by atoms with van der Waals surface area (Å²) in [6, 6.07) is 5.79. The van der Waals surface area contributed by atoms with Crippen molar-refractivity contribution < 1.29 is 9.52 Å². The minimum atomic E-state index is -0.298. The van der Waals surface area contributed by atoms with Crippen LogP contribution in [0.15, 0.2) is 27.4 Å². The quantitative estimate of drug-likeness (QED) is 0.938. The Labute approximate surface area is 123 Å². The number of rotatable bonds is 3. The summed E-state index contributed by atoms with van der Waals surface area (Å²) >= 11 is 0. The van der Waals surface area contributed by atoms with Gasteiger partial charge in [0.1, 0.15) is 0 Å². The number of fused-ring (bicyclic) bond motifs is 1. The first-order chi connectivity index (χ1) is 10.0. The molecule has 0 aliphatic carbocycles. The molecule has 0 radical (unpaired) electrons. The fourth-order valence-corrected chi connectivity index (χ4v) is 3.08. The van der Waals surface area contributed by atoms with Crippen LogP contribution in [0.5, 0.6) is 0 Å². The van der Waals surface area contributed by atoms with E-state index in [2.05, 4.69) is 4.90 Å². The Hall–Kier alpha value is -1.59. The molecule has 1 saturated heterocycles. The van der Waals surface area contributed by atoms with Crippen molar-refractivity contribution in [1.82, 2.24) is 9.47 Å². The smallest absolute Gasteiger partial charge is 0.408 e. The zero-order valence-electron chi connectivity index (χ0n) is 12.6. The van der Waals surface area contributed by atoms with Gasteiger partial charge in [-0.15, -0.1) is 0 Å². The lowest BCUT2D eigenvalue weighted by Gasteiger charge is -2.33. The molecule has 0 spiro atoms. The van der Waals surface area contributed by atoms with Crippen LogP contribution >= 0.6 is 0 Å². The molecule has 114 valence electrons. The van der Waals surface area contributed by atoms with E-state index in [0.29, 0.717) is 18.2 Å². The van der Waals surface area contributed by atoms with Gasteiger partial charge in [0.2, 0.25) is 0 Å². The summed E-state index contributed by atoms with van der Waals surface area (Å²) in [5.74, 6) is 0.0783. The van der Waals surface area contributed by atoms with Gasteiger partial charge in [0.05, 0.1) is 18.3 Å². The molecule has 0 amide bonds. The van der Waals surface area contributed by atoms with Crippen LogP contribution in [0, 0.1) is 12.8 Å². The van der Waals surface area contributed by atoms with Crippen molar-refractivity contribution in [1.29, 1.82) is 0 Å².